The van der Waals surface area contributed by atoms with Crippen molar-refractivity contribution in [3.05, 3.63) is 12.2 Å². The van der Waals surface area contributed by atoms with Crippen LogP contribution in [0.5, 0.6) is 0 Å². The zero-order valence-electron chi connectivity index (χ0n) is 18.9. The summed E-state index contributed by atoms with van der Waals surface area (Å²) in [4.78, 5) is 0. The van der Waals surface area contributed by atoms with Crippen LogP contribution in [0.15, 0.2) is 12.2 Å². The molecule has 2 aliphatic carbocycles. The second-order valence-corrected chi connectivity index (χ2v) is 10.5. The van der Waals surface area contributed by atoms with Gasteiger partial charge in [0.25, 0.3) is 6.08 Å². The Kier molecular flexibility index (Phi) is 9.47. The van der Waals surface area contributed by atoms with Crippen molar-refractivity contribution in [2.45, 2.75) is 110 Å². The first kappa shape index (κ1) is 23.2. The van der Waals surface area contributed by atoms with Crippen molar-refractivity contribution >= 4 is 0 Å². The Balaban J connectivity index is 1.33. The van der Waals surface area contributed by atoms with Crippen LogP contribution in [-0.2, 0) is 4.74 Å². The van der Waals surface area contributed by atoms with E-state index in [-0.39, 0.29) is 0 Å². The number of hydrogen-bond acceptors (Lipinski definition) is 1. The average molecular weight is 411 g/mol. The molecule has 0 aromatic rings. The normalized spacial score (nSPS) is 37.1. The molecule has 2 saturated carbocycles. The zero-order valence-corrected chi connectivity index (χ0v) is 18.9. The number of ether oxygens (including phenoxy) is 1. The summed E-state index contributed by atoms with van der Waals surface area (Å²) in [7, 11) is 0. The maximum Gasteiger partial charge on any atom is 0.266 e. The van der Waals surface area contributed by atoms with Crippen molar-refractivity contribution in [3.8, 4) is 0 Å². The monoisotopic (exact) mass is 410 g/mol. The molecule has 0 N–H and O–H groups in total. The Bertz CT molecular complexity index is 477. The predicted molar refractivity (Wildman–Crippen MR) is 117 cm³/mol. The molecule has 0 amide bonds. The Morgan fingerprint density at radius 1 is 0.897 bits per heavy atom. The molecule has 29 heavy (non-hydrogen) atoms. The lowest BCUT2D eigenvalue weighted by molar-refractivity contribution is -0.0708. The minimum Gasteiger partial charge on any atom is -0.378 e. The van der Waals surface area contributed by atoms with Gasteiger partial charge in [0.15, 0.2) is 0 Å². The molecule has 1 heterocycles. The molecular weight excluding hydrogens is 366 g/mol. The van der Waals surface area contributed by atoms with E-state index in [2.05, 4.69) is 13.8 Å². The fourth-order valence-electron chi connectivity index (χ4n) is 6.67. The Hall–Kier alpha value is -0.440. The van der Waals surface area contributed by atoms with Crippen molar-refractivity contribution in [2.75, 3.05) is 6.61 Å². The average Bonchev–Trinajstić information content (AvgIpc) is 2.74. The minimum atomic E-state index is -1.51. The van der Waals surface area contributed by atoms with Gasteiger partial charge >= 0.3 is 0 Å². The standard InChI is InChI=1S/C26H44F2O/c1-3-5-19(2)24-16-17-25(29-18-24)23-14-12-22(13-15-23)21-10-8-20(9-11-21)6-4-7-26(27)28/h7,19-25H,3-6,8-18H2,1-2H3. The molecule has 3 unspecified atom stereocenters. The molecule has 3 aliphatic rings. The van der Waals surface area contributed by atoms with Gasteiger partial charge in [0.2, 0.25) is 0 Å². The summed E-state index contributed by atoms with van der Waals surface area (Å²) in [5.74, 6) is 4.89. The summed E-state index contributed by atoms with van der Waals surface area (Å²) in [6.07, 6.45) is 17.6. The number of rotatable bonds is 8. The largest absolute Gasteiger partial charge is 0.378 e. The third kappa shape index (κ3) is 7.04. The maximum absolute atomic E-state index is 12.2. The van der Waals surface area contributed by atoms with Gasteiger partial charge < -0.3 is 4.74 Å². The molecule has 0 radical (unpaired) electrons. The molecule has 0 spiro atoms. The van der Waals surface area contributed by atoms with Gasteiger partial charge in [0.1, 0.15) is 0 Å². The van der Waals surface area contributed by atoms with Gasteiger partial charge in [-0.3, -0.25) is 0 Å². The van der Waals surface area contributed by atoms with Crippen molar-refractivity contribution in [1.29, 1.82) is 0 Å². The summed E-state index contributed by atoms with van der Waals surface area (Å²) in [6, 6.07) is 0. The fraction of sp³-hybridized carbons (Fsp3) is 0.923. The molecule has 3 fully saturated rings. The number of allylic oxidation sites excluding steroid dienone is 1. The van der Waals surface area contributed by atoms with Gasteiger partial charge in [-0.1, -0.05) is 39.5 Å². The van der Waals surface area contributed by atoms with Crippen molar-refractivity contribution in [3.63, 3.8) is 0 Å². The molecule has 0 aromatic heterocycles. The van der Waals surface area contributed by atoms with Gasteiger partial charge in [0.05, 0.1) is 12.7 Å². The molecule has 3 rings (SSSR count). The molecule has 1 nitrogen and oxygen atoms in total. The second-order valence-electron chi connectivity index (χ2n) is 10.5. The van der Waals surface area contributed by atoms with E-state index in [1.54, 1.807) is 0 Å². The summed E-state index contributed by atoms with van der Waals surface area (Å²) in [5.41, 5.74) is 0. The van der Waals surface area contributed by atoms with Crippen molar-refractivity contribution in [1.82, 2.24) is 0 Å². The van der Waals surface area contributed by atoms with Crippen LogP contribution in [-0.4, -0.2) is 12.7 Å². The maximum atomic E-state index is 12.2. The molecule has 3 atom stereocenters. The summed E-state index contributed by atoms with van der Waals surface area (Å²) < 4.78 is 30.8. The van der Waals surface area contributed by atoms with Crippen LogP contribution in [0.3, 0.4) is 0 Å². The Morgan fingerprint density at radius 3 is 2.07 bits per heavy atom. The lowest BCUT2D eigenvalue weighted by atomic mass is 9.67. The van der Waals surface area contributed by atoms with E-state index in [4.69, 9.17) is 4.74 Å². The van der Waals surface area contributed by atoms with Crippen LogP contribution in [0.2, 0.25) is 0 Å². The molecule has 0 aromatic carbocycles. The first-order valence-corrected chi connectivity index (χ1v) is 12.7. The van der Waals surface area contributed by atoms with E-state index in [9.17, 15) is 8.78 Å². The minimum absolute atomic E-state index is 0.528. The lowest BCUT2D eigenvalue weighted by Crippen LogP contribution is -2.36. The molecule has 0 bridgehead atoms. The van der Waals surface area contributed by atoms with Crippen LogP contribution in [0.25, 0.3) is 0 Å². The highest BCUT2D eigenvalue weighted by Crippen LogP contribution is 2.44. The number of halogens is 2. The van der Waals surface area contributed by atoms with Gasteiger partial charge in [-0.05, 0) is 106 Å². The molecular formula is C26H44F2O. The van der Waals surface area contributed by atoms with Crippen LogP contribution in [0.4, 0.5) is 8.78 Å². The zero-order chi connectivity index (χ0) is 20.6. The Morgan fingerprint density at radius 2 is 1.52 bits per heavy atom. The molecule has 3 heteroatoms. The van der Waals surface area contributed by atoms with Gasteiger partial charge in [-0.15, -0.1) is 0 Å². The summed E-state index contributed by atoms with van der Waals surface area (Å²) in [5, 5.41) is 0. The molecule has 1 aliphatic heterocycles. The predicted octanol–water partition coefficient (Wildman–Crippen LogP) is 8.39. The van der Waals surface area contributed by atoms with E-state index in [0.29, 0.717) is 18.4 Å². The molecule has 168 valence electrons. The van der Waals surface area contributed by atoms with E-state index >= 15 is 0 Å². The quantitative estimate of drug-likeness (QED) is 0.390. The van der Waals surface area contributed by atoms with Gasteiger partial charge in [-0.25, -0.2) is 0 Å². The summed E-state index contributed by atoms with van der Waals surface area (Å²) >= 11 is 0. The topological polar surface area (TPSA) is 9.23 Å². The first-order valence-electron chi connectivity index (χ1n) is 12.7. The van der Waals surface area contributed by atoms with Crippen LogP contribution in [0.1, 0.15) is 104 Å². The molecule has 1 saturated heterocycles. The lowest BCUT2D eigenvalue weighted by Gasteiger charge is -2.42. The van der Waals surface area contributed by atoms with E-state index in [0.717, 1.165) is 48.7 Å². The third-order valence-corrected chi connectivity index (χ3v) is 8.67. The van der Waals surface area contributed by atoms with Crippen molar-refractivity contribution < 1.29 is 13.5 Å². The Labute approximate surface area is 178 Å². The highest BCUT2D eigenvalue weighted by Gasteiger charge is 2.35. The highest BCUT2D eigenvalue weighted by molar-refractivity contribution is 4.87. The van der Waals surface area contributed by atoms with Crippen LogP contribution < -0.4 is 0 Å². The van der Waals surface area contributed by atoms with Gasteiger partial charge in [0, 0.05) is 0 Å². The fourth-order valence-corrected chi connectivity index (χ4v) is 6.67. The first-order chi connectivity index (χ1) is 14.1. The highest BCUT2D eigenvalue weighted by atomic mass is 19.3. The smallest absolute Gasteiger partial charge is 0.266 e. The van der Waals surface area contributed by atoms with Crippen LogP contribution >= 0.6 is 0 Å². The number of hydrogen-bond donors (Lipinski definition) is 0. The van der Waals surface area contributed by atoms with E-state index in [1.807, 2.05) is 0 Å². The second kappa shape index (κ2) is 11.8. The van der Waals surface area contributed by atoms with Gasteiger partial charge in [-0.2, -0.15) is 8.78 Å². The van der Waals surface area contributed by atoms with Crippen molar-refractivity contribution in [2.24, 2.45) is 35.5 Å². The third-order valence-electron chi connectivity index (χ3n) is 8.67. The summed E-state index contributed by atoms with van der Waals surface area (Å²) in [6.45, 7) is 5.70. The van der Waals surface area contributed by atoms with E-state index in [1.165, 1.54) is 77.0 Å². The van der Waals surface area contributed by atoms with E-state index < -0.39 is 6.08 Å². The van der Waals surface area contributed by atoms with Crippen LogP contribution in [0, 0.1) is 35.5 Å². The SMILES string of the molecule is CCCC(C)C1CCC(C2CCC(C3CCC(CCC=C(F)F)CC3)CC2)OC1.